The van der Waals surface area contributed by atoms with E-state index in [2.05, 4.69) is 15.0 Å². The van der Waals surface area contributed by atoms with Gasteiger partial charge in [-0.25, -0.2) is 23.6 Å². The number of hydrogen-bond donors (Lipinski definition) is 1. The van der Waals surface area contributed by atoms with Gasteiger partial charge in [0.15, 0.2) is 17.2 Å². The minimum atomic E-state index is -1.21. The number of benzene rings is 1. The molecule has 1 atom stereocenters. The Morgan fingerprint density at radius 1 is 1.48 bits per heavy atom. The molecule has 3 heterocycles. The molecule has 1 aromatic carbocycles. The van der Waals surface area contributed by atoms with Crippen molar-refractivity contribution in [3.63, 3.8) is 0 Å². The Morgan fingerprint density at radius 3 is 3.07 bits per heavy atom. The van der Waals surface area contributed by atoms with Crippen molar-refractivity contribution in [2.45, 2.75) is 19.5 Å². The number of nitrogens with zero attached hydrogens (tertiary/aromatic N) is 4. The monoisotopic (exact) mass is 376 g/mol. The molecule has 8 nitrogen and oxygen atoms in total. The van der Waals surface area contributed by atoms with Gasteiger partial charge in [-0.15, -0.1) is 0 Å². The van der Waals surface area contributed by atoms with E-state index in [9.17, 15) is 18.8 Å². The molecule has 0 fully saturated rings. The second-order valence-corrected chi connectivity index (χ2v) is 6.18. The van der Waals surface area contributed by atoms with E-state index < -0.39 is 11.8 Å². The first-order valence-electron chi connectivity index (χ1n) is 8.06. The van der Waals surface area contributed by atoms with Crippen molar-refractivity contribution in [2.75, 3.05) is 11.5 Å². The molecule has 10 heteroatoms. The third-order valence-corrected chi connectivity index (χ3v) is 4.40. The molecule has 3 aromatic rings. The van der Waals surface area contributed by atoms with Crippen LogP contribution in [0.2, 0.25) is 0 Å². The Balaban J connectivity index is 1.80. The average molecular weight is 376 g/mol. The highest BCUT2D eigenvalue weighted by Crippen LogP contribution is 2.35. The van der Waals surface area contributed by atoms with Crippen LogP contribution in [0.4, 0.5) is 14.7 Å². The van der Waals surface area contributed by atoms with Gasteiger partial charge in [-0.1, -0.05) is 0 Å². The highest BCUT2D eigenvalue weighted by Gasteiger charge is 2.29. The highest BCUT2D eigenvalue weighted by atomic mass is 19.3. The standard InChI is InChI=1S/C17H14F2N4O4/c1-9-8-26-14-7-23-15(12(5-20-23)17(25)27-19)21-16(14)22(9)6-10-4-11(18)2-3-13(10)24/h2-5,7,9,24H,6,8H2,1H3. The number of carbonyl (C=O) groups excluding carboxylic acids is 1. The fraction of sp³-hybridized carbons (Fsp3) is 0.235. The predicted molar refractivity (Wildman–Crippen MR) is 88.7 cm³/mol. The molecule has 1 N–H and O–H groups in total. The van der Waals surface area contributed by atoms with E-state index in [0.29, 0.717) is 23.7 Å². The summed E-state index contributed by atoms with van der Waals surface area (Å²) in [6.07, 6.45) is 2.65. The molecule has 2 aromatic heterocycles. The Bertz CT molecular complexity index is 1040. The van der Waals surface area contributed by atoms with Gasteiger partial charge in [0.2, 0.25) is 0 Å². The third-order valence-electron chi connectivity index (χ3n) is 4.40. The van der Waals surface area contributed by atoms with E-state index in [1.807, 2.05) is 6.92 Å². The number of halogens is 2. The summed E-state index contributed by atoms with van der Waals surface area (Å²) < 4.78 is 32.8. The summed E-state index contributed by atoms with van der Waals surface area (Å²) >= 11 is 0. The molecule has 0 saturated carbocycles. The van der Waals surface area contributed by atoms with Crippen LogP contribution >= 0.6 is 0 Å². The van der Waals surface area contributed by atoms with Crippen LogP contribution in [0, 0.1) is 5.82 Å². The SMILES string of the molecule is CC1COc2cn3ncc(C(=O)OF)c3nc2N1Cc1cc(F)ccc1O. The first kappa shape index (κ1) is 17.0. The van der Waals surface area contributed by atoms with E-state index >= 15 is 0 Å². The van der Waals surface area contributed by atoms with Gasteiger partial charge in [-0.05, 0) is 25.1 Å². The number of anilines is 1. The van der Waals surface area contributed by atoms with E-state index in [1.165, 1.54) is 28.9 Å². The number of aromatic nitrogens is 3. The van der Waals surface area contributed by atoms with E-state index in [-0.39, 0.29) is 29.5 Å². The Kier molecular flexibility index (Phi) is 4.02. The van der Waals surface area contributed by atoms with Gasteiger partial charge in [-0.2, -0.15) is 5.10 Å². The normalized spacial score (nSPS) is 16.1. The molecule has 0 spiro atoms. The van der Waals surface area contributed by atoms with Gasteiger partial charge in [0.05, 0.1) is 18.4 Å². The molecule has 0 amide bonds. The lowest BCUT2D eigenvalue weighted by Gasteiger charge is -2.35. The number of rotatable bonds is 3. The maximum Gasteiger partial charge on any atom is 0.384 e. The van der Waals surface area contributed by atoms with Gasteiger partial charge in [0, 0.05) is 16.6 Å². The number of ether oxygens (including phenoxy) is 1. The summed E-state index contributed by atoms with van der Waals surface area (Å²) in [7, 11) is 0. The third kappa shape index (κ3) is 2.88. The second kappa shape index (κ2) is 6.38. The molecule has 0 bridgehead atoms. The first-order chi connectivity index (χ1) is 13.0. The smallest absolute Gasteiger partial charge is 0.384 e. The molecule has 0 aliphatic carbocycles. The average Bonchev–Trinajstić information content (AvgIpc) is 3.07. The zero-order valence-corrected chi connectivity index (χ0v) is 14.1. The Labute approximate surface area is 151 Å². The maximum atomic E-state index is 13.6. The molecule has 27 heavy (non-hydrogen) atoms. The largest absolute Gasteiger partial charge is 0.508 e. The van der Waals surface area contributed by atoms with Crippen LogP contribution in [-0.2, 0) is 11.5 Å². The lowest BCUT2D eigenvalue weighted by molar-refractivity contribution is -0.0786. The maximum absolute atomic E-state index is 13.6. The molecule has 140 valence electrons. The van der Waals surface area contributed by atoms with E-state index in [4.69, 9.17) is 4.74 Å². The summed E-state index contributed by atoms with van der Waals surface area (Å²) in [5, 5.41) is 14.0. The van der Waals surface area contributed by atoms with Gasteiger partial charge >= 0.3 is 5.97 Å². The van der Waals surface area contributed by atoms with Gasteiger partial charge in [-0.3, -0.25) is 0 Å². The van der Waals surface area contributed by atoms with Crippen LogP contribution in [-0.4, -0.2) is 38.3 Å². The van der Waals surface area contributed by atoms with Crippen LogP contribution in [0.1, 0.15) is 22.8 Å². The van der Waals surface area contributed by atoms with Crippen LogP contribution in [0.3, 0.4) is 0 Å². The molecular weight excluding hydrogens is 362 g/mol. The van der Waals surface area contributed by atoms with Gasteiger partial charge < -0.3 is 14.7 Å². The predicted octanol–water partition coefficient (Wildman–Crippen LogP) is 2.40. The fourth-order valence-electron chi connectivity index (χ4n) is 2.98. The summed E-state index contributed by atoms with van der Waals surface area (Å²) in [5.41, 5.74) is 0.308. The molecule has 0 saturated heterocycles. The molecule has 1 aliphatic rings. The lowest BCUT2D eigenvalue weighted by atomic mass is 10.1. The van der Waals surface area contributed by atoms with Crippen molar-refractivity contribution in [3.05, 3.63) is 47.5 Å². The molecular formula is C17H14F2N4O4. The molecule has 1 unspecified atom stereocenters. The molecule has 4 rings (SSSR count). The van der Waals surface area contributed by atoms with Crippen molar-refractivity contribution in [2.24, 2.45) is 0 Å². The minimum Gasteiger partial charge on any atom is -0.508 e. The minimum absolute atomic E-state index is 0.0521. The van der Waals surface area contributed by atoms with Crippen LogP contribution in [0.25, 0.3) is 5.65 Å². The van der Waals surface area contributed by atoms with Crippen LogP contribution in [0.5, 0.6) is 11.5 Å². The summed E-state index contributed by atoms with van der Waals surface area (Å²) in [6.45, 7) is 2.36. The number of phenolic OH excluding ortho intramolecular Hbond substituents is 1. The zero-order valence-electron chi connectivity index (χ0n) is 14.1. The van der Waals surface area contributed by atoms with E-state index in [0.717, 1.165) is 6.20 Å². The number of hydrogen-bond acceptors (Lipinski definition) is 7. The highest BCUT2D eigenvalue weighted by molar-refractivity contribution is 5.95. The number of phenols is 1. The first-order valence-corrected chi connectivity index (χ1v) is 8.06. The van der Waals surface area contributed by atoms with Gasteiger partial charge in [0.25, 0.3) is 0 Å². The Hall–Kier alpha value is -3.43. The van der Waals surface area contributed by atoms with Crippen LogP contribution < -0.4 is 9.64 Å². The quantitative estimate of drug-likeness (QED) is 0.751. The number of aromatic hydroxyl groups is 1. The zero-order chi connectivity index (χ0) is 19.1. The summed E-state index contributed by atoms with van der Waals surface area (Å²) in [4.78, 5) is 21.0. The molecule has 0 radical (unpaired) electrons. The van der Waals surface area contributed by atoms with Crippen molar-refractivity contribution in [1.82, 2.24) is 14.6 Å². The molecule has 1 aliphatic heterocycles. The lowest BCUT2D eigenvalue weighted by Crippen LogP contribution is -2.41. The summed E-state index contributed by atoms with van der Waals surface area (Å²) in [6, 6.07) is 3.52. The summed E-state index contributed by atoms with van der Waals surface area (Å²) in [5.74, 6) is -0.991. The second-order valence-electron chi connectivity index (χ2n) is 6.18. The van der Waals surface area contributed by atoms with Crippen molar-refractivity contribution in [1.29, 1.82) is 0 Å². The van der Waals surface area contributed by atoms with Crippen molar-refractivity contribution >= 4 is 17.4 Å². The van der Waals surface area contributed by atoms with Crippen molar-refractivity contribution < 1.29 is 28.5 Å². The fourth-order valence-corrected chi connectivity index (χ4v) is 2.98. The Morgan fingerprint density at radius 2 is 2.30 bits per heavy atom. The van der Waals surface area contributed by atoms with Gasteiger partial charge in [0.1, 0.15) is 23.7 Å². The van der Waals surface area contributed by atoms with Crippen molar-refractivity contribution in [3.8, 4) is 11.5 Å². The van der Waals surface area contributed by atoms with E-state index in [1.54, 1.807) is 4.90 Å². The number of carbonyl (C=O) groups is 1. The van der Waals surface area contributed by atoms with Crippen LogP contribution in [0.15, 0.2) is 30.6 Å². The topological polar surface area (TPSA) is 89.2 Å². The number of fused-ring (bicyclic) bond motifs is 2.